The molecule has 9 heteroatoms. The van der Waals surface area contributed by atoms with Gasteiger partial charge in [-0.2, -0.15) is 5.26 Å². The second-order valence-corrected chi connectivity index (χ2v) is 12.7. The molecular weight excluding hydrogens is 580 g/mol. The number of anilines is 1. The lowest BCUT2D eigenvalue weighted by atomic mass is 9.87. The number of ether oxygens (including phenoxy) is 4. The summed E-state index contributed by atoms with van der Waals surface area (Å²) in [5.74, 6) is 0. The number of carbonyl (C=O) groups excluding carboxylic acids is 1. The first kappa shape index (κ1) is 32.8. The summed E-state index contributed by atoms with van der Waals surface area (Å²) in [7, 11) is 0. The van der Waals surface area contributed by atoms with Gasteiger partial charge < -0.3 is 29.7 Å². The van der Waals surface area contributed by atoms with E-state index in [2.05, 4.69) is 11.1 Å². The van der Waals surface area contributed by atoms with Crippen LogP contribution < -0.4 is 5.73 Å². The average Bonchev–Trinajstić information content (AvgIpc) is 3.53. The van der Waals surface area contributed by atoms with Crippen LogP contribution in [-0.4, -0.2) is 45.9 Å². The van der Waals surface area contributed by atoms with Gasteiger partial charge >= 0.3 is 6.09 Å². The number of nitriles is 1. The minimum Gasteiger partial charge on any atom is -0.444 e. The molecule has 3 N–H and O–H groups in total. The van der Waals surface area contributed by atoms with Crippen LogP contribution in [0.2, 0.25) is 0 Å². The van der Waals surface area contributed by atoms with E-state index in [0.29, 0.717) is 12.2 Å². The molecule has 9 nitrogen and oxygen atoms in total. The summed E-state index contributed by atoms with van der Waals surface area (Å²) in [5, 5.41) is 9.78. The van der Waals surface area contributed by atoms with Crippen LogP contribution in [0.25, 0.3) is 0 Å². The third-order valence-electron chi connectivity index (χ3n) is 8.12. The molecule has 5 rings (SSSR count). The molecule has 0 spiro atoms. The molecule has 1 fully saturated rings. The molecule has 0 bridgehead atoms. The first-order valence-electron chi connectivity index (χ1n) is 15.4. The highest BCUT2D eigenvalue weighted by Crippen LogP contribution is 2.51. The molecule has 1 saturated heterocycles. The quantitative estimate of drug-likeness (QED) is 0.186. The molecular formula is C37H42N4O5. The van der Waals surface area contributed by atoms with Gasteiger partial charge in [-0.05, 0) is 44.4 Å². The molecule has 4 atom stereocenters. The third kappa shape index (κ3) is 7.43. The zero-order valence-electron chi connectivity index (χ0n) is 26.8. The summed E-state index contributed by atoms with van der Waals surface area (Å²) in [6, 6.07) is 30.2. The van der Waals surface area contributed by atoms with E-state index in [9.17, 15) is 10.1 Å². The Balaban J connectivity index is 1.61. The Morgan fingerprint density at radius 2 is 1.46 bits per heavy atom. The van der Waals surface area contributed by atoms with Gasteiger partial charge in [0.05, 0.1) is 44.2 Å². The molecule has 1 aromatic heterocycles. The standard InChI is InChI=1S/C37H42N4O5/c1-36(2,3)46-35(42)41-31(25-43-22-26-14-8-5-9-15-26)34(44-23-27-16-10-6-11-17-27)37(4,45-24-28-18-12-7-13-19-28)33(41)29-21-40-30(20-38)32(29)39/h5-19,21,31,33-34,40H,22-25,39H2,1-4H3/t31-,33+,34-,37+/m1/s1. The van der Waals surface area contributed by atoms with Crippen molar-refractivity contribution in [1.82, 2.24) is 9.88 Å². The van der Waals surface area contributed by atoms with Crippen LogP contribution in [0.5, 0.6) is 0 Å². The molecule has 2 heterocycles. The summed E-state index contributed by atoms with van der Waals surface area (Å²) < 4.78 is 26.0. The van der Waals surface area contributed by atoms with Crippen molar-refractivity contribution >= 4 is 11.8 Å². The van der Waals surface area contributed by atoms with Crippen molar-refractivity contribution < 1.29 is 23.7 Å². The zero-order chi connectivity index (χ0) is 32.7. The van der Waals surface area contributed by atoms with Gasteiger partial charge in [0.25, 0.3) is 0 Å². The Labute approximate surface area is 270 Å². The van der Waals surface area contributed by atoms with Gasteiger partial charge in [-0.15, -0.1) is 0 Å². The highest BCUT2D eigenvalue weighted by molar-refractivity contribution is 5.72. The topological polar surface area (TPSA) is 123 Å². The van der Waals surface area contributed by atoms with E-state index in [4.69, 9.17) is 24.7 Å². The summed E-state index contributed by atoms with van der Waals surface area (Å²) in [6.07, 6.45) is 0.413. The molecule has 46 heavy (non-hydrogen) atoms. The number of hydrogen-bond donors (Lipinski definition) is 2. The lowest BCUT2D eigenvalue weighted by molar-refractivity contribution is -0.146. The molecule has 0 radical (unpaired) electrons. The highest BCUT2D eigenvalue weighted by Gasteiger charge is 2.62. The smallest absolute Gasteiger partial charge is 0.411 e. The molecule has 240 valence electrons. The second-order valence-electron chi connectivity index (χ2n) is 12.7. The fourth-order valence-corrected chi connectivity index (χ4v) is 5.98. The summed E-state index contributed by atoms with van der Waals surface area (Å²) >= 11 is 0. The third-order valence-corrected chi connectivity index (χ3v) is 8.12. The summed E-state index contributed by atoms with van der Waals surface area (Å²) in [4.78, 5) is 18.9. The molecule has 3 aromatic carbocycles. The fourth-order valence-electron chi connectivity index (χ4n) is 5.98. The number of nitrogen functional groups attached to an aromatic ring is 1. The molecule has 0 unspecified atom stereocenters. The van der Waals surface area contributed by atoms with Crippen LogP contribution in [0, 0.1) is 11.3 Å². The maximum Gasteiger partial charge on any atom is 0.411 e. The maximum absolute atomic E-state index is 14.3. The van der Waals surface area contributed by atoms with E-state index in [1.807, 2.05) is 119 Å². The van der Waals surface area contributed by atoms with E-state index in [0.717, 1.165) is 16.7 Å². The SMILES string of the molecule is CC(C)(C)OC(=O)N1[C@H](COCc2ccccc2)[C@@H](OCc2ccccc2)[C@@](C)(OCc2ccccc2)[C@@H]1c1c[nH]c(C#N)c1N. The number of nitrogens with two attached hydrogens (primary N) is 1. The van der Waals surface area contributed by atoms with Crippen molar-refractivity contribution in [3.05, 3.63) is 125 Å². The largest absolute Gasteiger partial charge is 0.444 e. The van der Waals surface area contributed by atoms with E-state index in [1.165, 1.54) is 0 Å². The molecule has 4 aromatic rings. The van der Waals surface area contributed by atoms with E-state index in [1.54, 1.807) is 11.1 Å². The number of nitrogens with one attached hydrogen (secondary N) is 1. The van der Waals surface area contributed by atoms with E-state index < -0.39 is 35.5 Å². The Morgan fingerprint density at radius 1 is 0.913 bits per heavy atom. The molecule has 1 amide bonds. The monoisotopic (exact) mass is 622 g/mol. The van der Waals surface area contributed by atoms with Gasteiger partial charge in [-0.1, -0.05) is 91.0 Å². The van der Waals surface area contributed by atoms with Crippen LogP contribution in [0.3, 0.4) is 0 Å². The van der Waals surface area contributed by atoms with Gasteiger partial charge in [-0.3, -0.25) is 4.90 Å². The van der Waals surface area contributed by atoms with Crippen LogP contribution in [0.4, 0.5) is 10.5 Å². The van der Waals surface area contributed by atoms with Crippen molar-refractivity contribution in [2.45, 2.75) is 76.9 Å². The second kappa shape index (κ2) is 14.2. The Kier molecular flexibility index (Phi) is 10.1. The average molecular weight is 623 g/mol. The Hall–Kier alpha value is -4.62. The maximum atomic E-state index is 14.3. The van der Waals surface area contributed by atoms with Crippen LogP contribution in [-0.2, 0) is 38.8 Å². The summed E-state index contributed by atoms with van der Waals surface area (Å²) in [5.41, 5.74) is 8.54. The minimum absolute atomic E-state index is 0.129. The first-order valence-corrected chi connectivity index (χ1v) is 15.4. The molecule has 0 saturated carbocycles. The number of nitrogens with zero attached hydrogens (tertiary/aromatic N) is 2. The number of benzene rings is 3. The summed E-state index contributed by atoms with van der Waals surface area (Å²) in [6.45, 7) is 8.38. The van der Waals surface area contributed by atoms with Crippen molar-refractivity contribution in [1.29, 1.82) is 5.26 Å². The van der Waals surface area contributed by atoms with Crippen molar-refractivity contribution in [2.24, 2.45) is 0 Å². The minimum atomic E-state index is -1.16. The normalized spacial score (nSPS) is 21.2. The van der Waals surface area contributed by atoms with Crippen LogP contribution in [0.15, 0.2) is 97.2 Å². The lowest BCUT2D eigenvalue weighted by Gasteiger charge is -2.37. The number of aromatic amines is 1. The van der Waals surface area contributed by atoms with Gasteiger partial charge in [0, 0.05) is 11.8 Å². The molecule has 0 aliphatic carbocycles. The van der Waals surface area contributed by atoms with Crippen molar-refractivity contribution in [2.75, 3.05) is 12.3 Å². The van der Waals surface area contributed by atoms with Crippen LogP contribution >= 0.6 is 0 Å². The van der Waals surface area contributed by atoms with Gasteiger partial charge in [-0.25, -0.2) is 4.79 Å². The van der Waals surface area contributed by atoms with Crippen molar-refractivity contribution in [3.8, 4) is 6.07 Å². The van der Waals surface area contributed by atoms with Gasteiger partial charge in [0.1, 0.15) is 29.1 Å². The van der Waals surface area contributed by atoms with Crippen LogP contribution in [0.1, 0.15) is 61.7 Å². The Morgan fingerprint density at radius 3 is 1.98 bits per heavy atom. The Bertz CT molecular complexity index is 1610. The van der Waals surface area contributed by atoms with Gasteiger partial charge in [0.2, 0.25) is 0 Å². The van der Waals surface area contributed by atoms with E-state index >= 15 is 0 Å². The predicted octanol–water partition coefficient (Wildman–Crippen LogP) is 6.91. The highest BCUT2D eigenvalue weighted by atomic mass is 16.6. The number of carbonyl (C=O) groups is 1. The number of amides is 1. The number of H-pyrrole nitrogens is 1. The lowest BCUT2D eigenvalue weighted by Crippen LogP contribution is -2.48. The fraction of sp³-hybridized carbons (Fsp3) is 0.351. The number of likely N-dealkylation sites (tertiary alicyclic amines) is 1. The predicted molar refractivity (Wildman–Crippen MR) is 175 cm³/mol. The number of hydrogen-bond acceptors (Lipinski definition) is 7. The number of rotatable bonds is 11. The zero-order valence-corrected chi connectivity index (χ0v) is 26.8. The molecule has 1 aliphatic rings. The van der Waals surface area contributed by atoms with Crippen molar-refractivity contribution in [3.63, 3.8) is 0 Å². The first-order chi connectivity index (χ1) is 22.1. The van der Waals surface area contributed by atoms with Gasteiger partial charge in [0.15, 0.2) is 0 Å². The molecule has 1 aliphatic heterocycles. The van der Waals surface area contributed by atoms with E-state index in [-0.39, 0.29) is 31.2 Å². The number of aromatic nitrogens is 1.